The van der Waals surface area contributed by atoms with Crippen LogP contribution in [-0.2, 0) is 4.79 Å². The first-order chi connectivity index (χ1) is 10.1. The SMILES string of the molecule is O=C1N[C@H](C(=O)N2CC[C@@H](Oc3ccccc3Cl)C2)CS1. The Labute approximate surface area is 132 Å². The molecule has 0 bridgehead atoms. The van der Waals surface area contributed by atoms with Gasteiger partial charge in [0, 0.05) is 18.7 Å². The van der Waals surface area contributed by atoms with Crippen LogP contribution in [0.5, 0.6) is 5.75 Å². The number of hydrogen-bond acceptors (Lipinski definition) is 4. The maximum absolute atomic E-state index is 12.3. The number of amides is 2. The zero-order valence-electron chi connectivity index (χ0n) is 11.3. The van der Waals surface area contributed by atoms with Gasteiger partial charge in [-0.25, -0.2) is 0 Å². The molecule has 2 amide bonds. The van der Waals surface area contributed by atoms with E-state index in [9.17, 15) is 9.59 Å². The third-order valence-corrected chi connectivity index (χ3v) is 4.75. The van der Waals surface area contributed by atoms with E-state index in [4.69, 9.17) is 16.3 Å². The fourth-order valence-electron chi connectivity index (χ4n) is 2.48. The van der Waals surface area contributed by atoms with Crippen LogP contribution in [0.3, 0.4) is 0 Å². The molecule has 21 heavy (non-hydrogen) atoms. The summed E-state index contributed by atoms with van der Waals surface area (Å²) in [6.45, 7) is 1.17. The number of nitrogens with one attached hydrogen (secondary N) is 1. The van der Waals surface area contributed by atoms with Crippen molar-refractivity contribution in [1.29, 1.82) is 0 Å². The second-order valence-electron chi connectivity index (χ2n) is 5.04. The minimum Gasteiger partial charge on any atom is -0.487 e. The Kier molecular flexibility index (Phi) is 4.26. The Morgan fingerprint density at radius 3 is 2.95 bits per heavy atom. The van der Waals surface area contributed by atoms with Gasteiger partial charge in [0.2, 0.25) is 5.91 Å². The average Bonchev–Trinajstić information content (AvgIpc) is 3.10. The molecule has 3 rings (SSSR count). The quantitative estimate of drug-likeness (QED) is 0.924. The summed E-state index contributed by atoms with van der Waals surface area (Å²) in [5.74, 6) is 1.12. The van der Waals surface area contributed by atoms with Crippen molar-refractivity contribution in [3.05, 3.63) is 29.3 Å². The summed E-state index contributed by atoms with van der Waals surface area (Å²) in [6, 6.07) is 6.91. The number of carbonyl (C=O) groups is 2. The van der Waals surface area contributed by atoms with Crippen LogP contribution in [0, 0.1) is 0 Å². The Bertz CT molecular complexity index is 569. The minimum atomic E-state index is -0.401. The van der Waals surface area contributed by atoms with Crippen molar-refractivity contribution in [3.63, 3.8) is 0 Å². The second-order valence-corrected chi connectivity index (χ2v) is 6.44. The molecule has 112 valence electrons. The number of benzene rings is 1. The molecule has 5 nitrogen and oxygen atoms in total. The zero-order chi connectivity index (χ0) is 14.8. The third-order valence-electron chi connectivity index (χ3n) is 3.56. The molecule has 0 unspecified atom stereocenters. The Hall–Kier alpha value is -1.40. The first-order valence-corrected chi connectivity index (χ1v) is 8.13. The van der Waals surface area contributed by atoms with Crippen LogP contribution in [0.4, 0.5) is 4.79 Å². The van der Waals surface area contributed by atoms with E-state index in [0.717, 1.165) is 18.2 Å². The highest BCUT2D eigenvalue weighted by atomic mass is 35.5. The number of hydrogen-bond donors (Lipinski definition) is 1. The lowest BCUT2D eigenvalue weighted by molar-refractivity contribution is -0.131. The summed E-state index contributed by atoms with van der Waals surface area (Å²) < 4.78 is 5.85. The van der Waals surface area contributed by atoms with E-state index in [2.05, 4.69) is 5.32 Å². The maximum atomic E-state index is 12.3. The van der Waals surface area contributed by atoms with E-state index in [1.165, 1.54) is 0 Å². The van der Waals surface area contributed by atoms with Gasteiger partial charge < -0.3 is 15.0 Å². The van der Waals surface area contributed by atoms with E-state index >= 15 is 0 Å². The van der Waals surface area contributed by atoms with Crippen LogP contribution in [0.25, 0.3) is 0 Å². The Morgan fingerprint density at radius 2 is 2.24 bits per heavy atom. The highest BCUT2D eigenvalue weighted by molar-refractivity contribution is 8.14. The first kappa shape index (κ1) is 14.5. The van der Waals surface area contributed by atoms with Crippen LogP contribution >= 0.6 is 23.4 Å². The summed E-state index contributed by atoms with van der Waals surface area (Å²) in [6.07, 6.45) is 0.712. The van der Waals surface area contributed by atoms with Gasteiger partial charge in [-0.3, -0.25) is 9.59 Å². The van der Waals surface area contributed by atoms with Gasteiger partial charge in [0.15, 0.2) is 0 Å². The van der Waals surface area contributed by atoms with Crippen LogP contribution in [0.2, 0.25) is 5.02 Å². The van der Waals surface area contributed by atoms with Crippen molar-refractivity contribution in [2.75, 3.05) is 18.8 Å². The monoisotopic (exact) mass is 326 g/mol. The highest BCUT2D eigenvalue weighted by Gasteiger charge is 2.35. The number of nitrogens with zero attached hydrogens (tertiary/aromatic N) is 1. The van der Waals surface area contributed by atoms with Gasteiger partial charge in [0.1, 0.15) is 17.9 Å². The average molecular weight is 327 g/mol. The molecule has 1 aromatic carbocycles. The van der Waals surface area contributed by atoms with Crippen molar-refractivity contribution >= 4 is 34.5 Å². The molecule has 0 spiro atoms. The van der Waals surface area contributed by atoms with E-state index in [0.29, 0.717) is 29.6 Å². The lowest BCUT2D eigenvalue weighted by Crippen LogP contribution is -2.45. The molecule has 7 heteroatoms. The van der Waals surface area contributed by atoms with Crippen LogP contribution in [0.15, 0.2) is 24.3 Å². The second kappa shape index (κ2) is 6.15. The predicted molar refractivity (Wildman–Crippen MR) is 81.8 cm³/mol. The largest absolute Gasteiger partial charge is 0.487 e. The molecule has 0 aromatic heterocycles. The lowest BCUT2D eigenvalue weighted by atomic mass is 10.3. The zero-order valence-corrected chi connectivity index (χ0v) is 12.8. The number of ether oxygens (including phenoxy) is 1. The molecule has 2 saturated heterocycles. The Balaban J connectivity index is 1.57. The molecule has 2 atom stereocenters. The molecular formula is C14H15ClN2O3S. The first-order valence-electron chi connectivity index (χ1n) is 6.77. The van der Waals surface area contributed by atoms with E-state index in [-0.39, 0.29) is 17.3 Å². The van der Waals surface area contributed by atoms with Gasteiger partial charge >= 0.3 is 0 Å². The molecule has 1 aromatic rings. The molecule has 2 heterocycles. The van der Waals surface area contributed by atoms with Gasteiger partial charge in [-0.2, -0.15) is 0 Å². The van der Waals surface area contributed by atoms with E-state index < -0.39 is 6.04 Å². The van der Waals surface area contributed by atoms with Crippen molar-refractivity contribution in [3.8, 4) is 5.75 Å². The van der Waals surface area contributed by atoms with E-state index in [1.807, 2.05) is 18.2 Å². The van der Waals surface area contributed by atoms with Crippen LogP contribution in [0.1, 0.15) is 6.42 Å². The highest BCUT2D eigenvalue weighted by Crippen LogP contribution is 2.27. The van der Waals surface area contributed by atoms with Gasteiger partial charge in [-0.1, -0.05) is 35.5 Å². The van der Waals surface area contributed by atoms with Crippen LogP contribution in [-0.4, -0.2) is 47.0 Å². The van der Waals surface area contributed by atoms with Gasteiger partial charge in [-0.05, 0) is 12.1 Å². The number of carbonyl (C=O) groups excluding carboxylic acids is 2. The Morgan fingerprint density at radius 1 is 1.43 bits per heavy atom. The number of thioether (sulfide) groups is 1. The van der Waals surface area contributed by atoms with Gasteiger partial charge in [-0.15, -0.1) is 0 Å². The molecular weight excluding hydrogens is 312 g/mol. The fourth-order valence-corrected chi connectivity index (χ4v) is 3.43. The van der Waals surface area contributed by atoms with Crippen molar-refractivity contribution < 1.29 is 14.3 Å². The smallest absolute Gasteiger partial charge is 0.279 e. The molecule has 1 N–H and O–H groups in total. The summed E-state index contributed by atoms with van der Waals surface area (Å²) in [7, 11) is 0. The summed E-state index contributed by atoms with van der Waals surface area (Å²) in [5, 5.41) is 3.12. The fraction of sp³-hybridized carbons (Fsp3) is 0.429. The van der Waals surface area contributed by atoms with Crippen molar-refractivity contribution in [2.45, 2.75) is 18.6 Å². The molecule has 2 aliphatic rings. The number of halogens is 1. The molecule has 0 radical (unpaired) electrons. The minimum absolute atomic E-state index is 0.0291. The summed E-state index contributed by atoms with van der Waals surface area (Å²) in [5.41, 5.74) is 0. The van der Waals surface area contributed by atoms with E-state index in [1.54, 1.807) is 11.0 Å². The number of para-hydroxylation sites is 1. The number of rotatable bonds is 3. The van der Waals surface area contributed by atoms with Gasteiger partial charge in [0.25, 0.3) is 5.24 Å². The maximum Gasteiger partial charge on any atom is 0.279 e. The molecule has 2 fully saturated rings. The topological polar surface area (TPSA) is 58.6 Å². The van der Waals surface area contributed by atoms with Crippen molar-refractivity contribution in [1.82, 2.24) is 10.2 Å². The lowest BCUT2D eigenvalue weighted by Gasteiger charge is -2.20. The molecule has 0 aliphatic carbocycles. The van der Waals surface area contributed by atoms with Crippen LogP contribution < -0.4 is 10.1 Å². The summed E-state index contributed by atoms with van der Waals surface area (Å²) >= 11 is 7.22. The molecule has 0 saturated carbocycles. The standard InChI is InChI=1S/C14H15ClN2O3S/c15-10-3-1-2-4-12(10)20-9-5-6-17(7-9)13(18)11-8-21-14(19)16-11/h1-4,9,11H,5-8H2,(H,16,19)/t9-,11+/m1/s1. The van der Waals surface area contributed by atoms with Crippen molar-refractivity contribution in [2.24, 2.45) is 0 Å². The predicted octanol–water partition coefficient (Wildman–Crippen LogP) is 2.14. The third kappa shape index (κ3) is 3.27. The summed E-state index contributed by atoms with van der Waals surface area (Å²) in [4.78, 5) is 25.2. The molecule has 2 aliphatic heterocycles. The number of likely N-dealkylation sites (tertiary alicyclic amines) is 1. The van der Waals surface area contributed by atoms with Gasteiger partial charge in [0.05, 0.1) is 11.6 Å². The normalized spacial score (nSPS) is 25.0.